The number of aryl methyl sites for hydroxylation is 1. The van der Waals surface area contributed by atoms with Gasteiger partial charge in [-0.05, 0) is 48.7 Å². The summed E-state index contributed by atoms with van der Waals surface area (Å²) in [6.07, 6.45) is 0.398. The zero-order valence-electron chi connectivity index (χ0n) is 17.9. The average molecular weight is 442 g/mol. The van der Waals surface area contributed by atoms with Gasteiger partial charge in [-0.25, -0.2) is 0 Å². The predicted molar refractivity (Wildman–Crippen MR) is 122 cm³/mol. The molecule has 1 heterocycles. The van der Waals surface area contributed by atoms with Crippen molar-refractivity contribution in [2.45, 2.75) is 19.4 Å². The third kappa shape index (κ3) is 5.43. The van der Waals surface area contributed by atoms with E-state index in [2.05, 4.69) is 20.8 Å². The van der Waals surface area contributed by atoms with Crippen LogP contribution in [0.3, 0.4) is 0 Å². The zero-order valence-corrected chi connectivity index (χ0v) is 17.9. The summed E-state index contributed by atoms with van der Waals surface area (Å²) in [5, 5.41) is 19.0. The number of nitrogens with zero attached hydrogens (tertiary/aromatic N) is 2. The molecular formula is C25H22N4O4. The van der Waals surface area contributed by atoms with E-state index in [9.17, 15) is 14.7 Å². The Labute approximate surface area is 190 Å². The molecule has 1 unspecified atom stereocenters. The standard InChI is InChI=1S/C25H22N4O4/c1-16-26-25(33-29-16)20-12-5-6-13-21(20)27-23(31)24(32)28-22(18-9-3-2-4-10-18)15-17-8-7-11-19(30)14-17/h2-14,22,30H,15H2,1H3,(H,27,31)(H,28,32). The molecule has 0 saturated heterocycles. The fourth-order valence-corrected chi connectivity index (χ4v) is 3.44. The number of rotatable bonds is 6. The highest BCUT2D eigenvalue weighted by atomic mass is 16.5. The van der Waals surface area contributed by atoms with Crippen LogP contribution in [0.2, 0.25) is 0 Å². The van der Waals surface area contributed by atoms with Crippen molar-refractivity contribution < 1.29 is 19.2 Å². The minimum Gasteiger partial charge on any atom is -0.508 e. The minimum absolute atomic E-state index is 0.135. The molecule has 166 valence electrons. The van der Waals surface area contributed by atoms with Crippen molar-refractivity contribution in [2.75, 3.05) is 5.32 Å². The Kier molecular flexibility index (Phi) is 6.45. The summed E-state index contributed by atoms with van der Waals surface area (Å²) in [5.74, 6) is -0.774. The van der Waals surface area contributed by atoms with Gasteiger partial charge in [0.1, 0.15) is 5.75 Å². The van der Waals surface area contributed by atoms with Crippen molar-refractivity contribution in [3.8, 4) is 17.2 Å². The van der Waals surface area contributed by atoms with Gasteiger partial charge in [0.25, 0.3) is 5.89 Å². The molecule has 4 rings (SSSR count). The normalized spacial score (nSPS) is 11.5. The van der Waals surface area contributed by atoms with E-state index in [0.29, 0.717) is 23.5 Å². The molecule has 1 atom stereocenters. The summed E-state index contributed by atoms with van der Waals surface area (Å²) in [6, 6.07) is 22.5. The van der Waals surface area contributed by atoms with E-state index in [1.165, 1.54) is 0 Å². The maximum Gasteiger partial charge on any atom is 0.313 e. The second kappa shape index (κ2) is 9.78. The van der Waals surface area contributed by atoms with Crippen LogP contribution in [-0.2, 0) is 16.0 Å². The fourth-order valence-electron chi connectivity index (χ4n) is 3.44. The molecule has 8 heteroatoms. The van der Waals surface area contributed by atoms with Crippen LogP contribution in [0.25, 0.3) is 11.5 Å². The van der Waals surface area contributed by atoms with Crippen LogP contribution in [-0.4, -0.2) is 27.1 Å². The molecule has 0 spiro atoms. The van der Waals surface area contributed by atoms with Crippen LogP contribution in [0.4, 0.5) is 5.69 Å². The second-order valence-corrected chi connectivity index (χ2v) is 7.46. The minimum atomic E-state index is -0.824. The quantitative estimate of drug-likeness (QED) is 0.391. The van der Waals surface area contributed by atoms with Gasteiger partial charge in [0.05, 0.1) is 17.3 Å². The lowest BCUT2D eigenvalue weighted by Gasteiger charge is -2.19. The van der Waals surface area contributed by atoms with Gasteiger partial charge < -0.3 is 20.3 Å². The van der Waals surface area contributed by atoms with Crippen molar-refractivity contribution in [1.82, 2.24) is 15.5 Å². The number of anilines is 1. The average Bonchev–Trinajstić information content (AvgIpc) is 3.25. The lowest BCUT2D eigenvalue weighted by atomic mass is 9.98. The van der Waals surface area contributed by atoms with Gasteiger partial charge in [-0.15, -0.1) is 0 Å². The number of amides is 2. The van der Waals surface area contributed by atoms with Gasteiger partial charge in [0.2, 0.25) is 0 Å². The van der Waals surface area contributed by atoms with Gasteiger partial charge in [0.15, 0.2) is 5.82 Å². The van der Waals surface area contributed by atoms with E-state index in [-0.39, 0.29) is 11.6 Å². The first-order valence-electron chi connectivity index (χ1n) is 10.3. The first kappa shape index (κ1) is 21.8. The number of para-hydroxylation sites is 1. The van der Waals surface area contributed by atoms with E-state index in [1.807, 2.05) is 36.4 Å². The highest BCUT2D eigenvalue weighted by Crippen LogP contribution is 2.26. The van der Waals surface area contributed by atoms with Gasteiger partial charge in [0, 0.05) is 0 Å². The van der Waals surface area contributed by atoms with Crippen molar-refractivity contribution in [3.05, 3.63) is 95.8 Å². The Morgan fingerprint density at radius 3 is 2.45 bits per heavy atom. The molecule has 0 bridgehead atoms. The van der Waals surface area contributed by atoms with Crippen molar-refractivity contribution in [2.24, 2.45) is 0 Å². The first-order chi connectivity index (χ1) is 16.0. The number of phenolic OH excluding ortho intramolecular Hbond substituents is 1. The number of carbonyl (C=O) groups excluding carboxylic acids is 2. The number of nitrogens with one attached hydrogen (secondary N) is 2. The number of benzene rings is 3. The summed E-state index contributed by atoms with van der Waals surface area (Å²) in [4.78, 5) is 29.7. The summed E-state index contributed by atoms with van der Waals surface area (Å²) in [6.45, 7) is 1.69. The Balaban J connectivity index is 1.52. The van der Waals surface area contributed by atoms with E-state index in [1.54, 1.807) is 49.4 Å². The van der Waals surface area contributed by atoms with Crippen LogP contribution in [0.15, 0.2) is 83.4 Å². The molecular weight excluding hydrogens is 420 g/mol. The molecule has 0 saturated carbocycles. The molecule has 0 aliphatic rings. The Morgan fingerprint density at radius 1 is 0.970 bits per heavy atom. The monoisotopic (exact) mass is 442 g/mol. The molecule has 4 aromatic rings. The summed E-state index contributed by atoms with van der Waals surface area (Å²) >= 11 is 0. The van der Waals surface area contributed by atoms with E-state index < -0.39 is 17.9 Å². The lowest BCUT2D eigenvalue weighted by molar-refractivity contribution is -0.136. The first-order valence-corrected chi connectivity index (χ1v) is 10.3. The molecule has 8 nitrogen and oxygen atoms in total. The Bertz CT molecular complexity index is 1270. The highest BCUT2D eigenvalue weighted by molar-refractivity contribution is 6.40. The van der Waals surface area contributed by atoms with Crippen LogP contribution in [0.5, 0.6) is 5.75 Å². The van der Waals surface area contributed by atoms with Gasteiger partial charge in [-0.1, -0.05) is 59.8 Å². The fraction of sp³-hybridized carbons (Fsp3) is 0.120. The van der Waals surface area contributed by atoms with Crippen molar-refractivity contribution in [3.63, 3.8) is 0 Å². The van der Waals surface area contributed by atoms with Crippen LogP contribution in [0.1, 0.15) is 23.0 Å². The van der Waals surface area contributed by atoms with E-state index >= 15 is 0 Å². The molecule has 33 heavy (non-hydrogen) atoms. The van der Waals surface area contributed by atoms with Crippen molar-refractivity contribution >= 4 is 17.5 Å². The third-order valence-electron chi connectivity index (χ3n) is 5.00. The maximum atomic E-state index is 12.8. The van der Waals surface area contributed by atoms with Gasteiger partial charge in [-0.2, -0.15) is 4.98 Å². The topological polar surface area (TPSA) is 117 Å². The summed E-state index contributed by atoms with van der Waals surface area (Å²) in [7, 11) is 0. The van der Waals surface area contributed by atoms with Gasteiger partial charge in [-0.3, -0.25) is 9.59 Å². The number of phenols is 1. The molecule has 0 radical (unpaired) electrons. The SMILES string of the molecule is Cc1noc(-c2ccccc2NC(=O)C(=O)NC(Cc2cccc(O)c2)c2ccccc2)n1. The van der Waals surface area contributed by atoms with Gasteiger partial charge >= 0.3 is 11.8 Å². The predicted octanol–water partition coefficient (Wildman–Crippen LogP) is 3.79. The number of carbonyl (C=O) groups is 2. The molecule has 0 aliphatic heterocycles. The second-order valence-electron chi connectivity index (χ2n) is 7.46. The van der Waals surface area contributed by atoms with Crippen LogP contribution >= 0.6 is 0 Å². The summed E-state index contributed by atoms with van der Waals surface area (Å²) in [5.41, 5.74) is 2.55. The molecule has 3 aromatic carbocycles. The molecule has 0 aliphatic carbocycles. The molecule has 0 fully saturated rings. The third-order valence-corrected chi connectivity index (χ3v) is 5.00. The number of aromatic hydroxyl groups is 1. The highest BCUT2D eigenvalue weighted by Gasteiger charge is 2.22. The smallest absolute Gasteiger partial charge is 0.313 e. The van der Waals surface area contributed by atoms with Crippen LogP contribution < -0.4 is 10.6 Å². The number of hydrogen-bond acceptors (Lipinski definition) is 6. The summed E-state index contributed by atoms with van der Waals surface area (Å²) < 4.78 is 5.20. The van der Waals surface area contributed by atoms with E-state index in [4.69, 9.17) is 4.52 Å². The largest absolute Gasteiger partial charge is 0.508 e. The Morgan fingerprint density at radius 2 is 1.73 bits per heavy atom. The number of hydrogen-bond donors (Lipinski definition) is 3. The van der Waals surface area contributed by atoms with Crippen molar-refractivity contribution in [1.29, 1.82) is 0 Å². The molecule has 1 aromatic heterocycles. The maximum absolute atomic E-state index is 12.8. The van der Waals surface area contributed by atoms with E-state index in [0.717, 1.165) is 11.1 Å². The van der Waals surface area contributed by atoms with Crippen LogP contribution in [0, 0.1) is 6.92 Å². The Hall–Kier alpha value is -4.46. The number of aromatic nitrogens is 2. The zero-order chi connectivity index (χ0) is 23.2. The molecule has 3 N–H and O–H groups in total. The molecule has 2 amide bonds. The lowest BCUT2D eigenvalue weighted by Crippen LogP contribution is -2.38.